The second-order valence-electron chi connectivity index (χ2n) is 0. The van der Waals surface area contributed by atoms with Crippen LogP contribution in [0.5, 0.6) is 0 Å². The molecule has 0 aliphatic carbocycles. The Kier molecular flexibility index (Phi) is 547. The second kappa shape index (κ2) is 52.9. The van der Waals surface area contributed by atoms with E-state index < -0.39 is 0 Å². The van der Waals surface area contributed by atoms with Crippen LogP contribution < -0.4 is 0 Å². The Bertz CT molecular complexity index is 13.7. The molecule has 0 nitrogen and oxygen atoms in total. The molecule has 0 rings (SSSR count). The summed E-state index contributed by atoms with van der Waals surface area (Å²) in [4.78, 5) is 0. The summed E-state index contributed by atoms with van der Waals surface area (Å²) in [5.74, 6) is 0. The average molecular weight is 363 g/mol. The van der Waals surface area contributed by atoms with Gasteiger partial charge in [0.1, 0.15) is 17.4 Å². The molecular weight excluding hydrogens is 358 g/mol. The Labute approximate surface area is 120 Å². The maximum absolute atomic E-state index is 0. The number of rotatable bonds is 0. The average Bonchev–Trinajstić information content (AvgIpc) is 0. The fraction of sp³-hybridized carbons (Fsp3) is 0. The molecule has 0 aromatic carbocycles. The van der Waals surface area contributed by atoms with Gasteiger partial charge in [-0.3, -0.25) is 0 Å². The van der Waals surface area contributed by atoms with Gasteiger partial charge >= 0.3 is 0 Å². The minimum absolute atomic E-state index is 0. The first-order valence-corrected chi connectivity index (χ1v) is 0. The standard InChI is InChI=1S/2Al.2Cu.2Fe.Zn.5H. The van der Waals surface area contributed by atoms with Crippen molar-refractivity contribution in [2.75, 3.05) is 0 Å². The van der Waals surface area contributed by atoms with Gasteiger partial charge in [-0.15, -0.1) is 0 Å². The van der Waals surface area contributed by atoms with E-state index >= 15 is 0 Å². The largest absolute Gasteiger partial charge is 0.187 e. The molecule has 0 fully saturated rings. The summed E-state index contributed by atoms with van der Waals surface area (Å²) in [6.45, 7) is 0. The zero-order valence-electron chi connectivity index (χ0n) is 3.02. The zero-order valence-corrected chi connectivity index (χ0v) is 12.1. The molecule has 0 saturated heterocycles. The van der Waals surface area contributed by atoms with E-state index in [4.69, 9.17) is 0 Å². The summed E-state index contributed by atoms with van der Waals surface area (Å²) in [5.41, 5.74) is 0. The van der Waals surface area contributed by atoms with Crippen molar-refractivity contribution in [2.24, 2.45) is 0 Å². The summed E-state index contributed by atoms with van der Waals surface area (Å²) in [6, 6.07) is 0. The molecule has 51 valence electrons. The molecule has 0 aliphatic heterocycles. The van der Waals surface area contributed by atoms with Gasteiger partial charge in [0.2, 0.25) is 0 Å². The predicted octanol–water partition coefficient (Wildman–Crippen LogP) is -2.11. The fourth-order valence-electron chi connectivity index (χ4n) is 0. The molecule has 0 aromatic rings. The molecule has 0 N–H and O–H groups in total. The van der Waals surface area contributed by atoms with Gasteiger partial charge in [-0.05, 0) is 0 Å². The van der Waals surface area contributed by atoms with E-state index in [0.29, 0.717) is 0 Å². The number of hydrogen-bond acceptors (Lipinski definition) is 0. The van der Waals surface area contributed by atoms with Crippen LogP contribution in [0.4, 0.5) is 0 Å². The van der Waals surface area contributed by atoms with E-state index in [0.717, 1.165) is 0 Å². The summed E-state index contributed by atoms with van der Waals surface area (Å²) < 4.78 is 0. The Hall–Kier alpha value is 3.77. The van der Waals surface area contributed by atoms with Gasteiger partial charge in [-0.25, -0.2) is 0 Å². The maximum atomic E-state index is 0. The Morgan fingerprint density at radius 2 is 0.714 bits per heavy atom. The minimum atomic E-state index is 0. The van der Waals surface area contributed by atoms with E-state index in [1.165, 1.54) is 0 Å². The zero-order chi connectivity index (χ0) is 0. The van der Waals surface area contributed by atoms with Gasteiger partial charge in [-0.2, -0.15) is 0 Å². The molecule has 0 bridgehead atoms. The first-order chi connectivity index (χ1) is 0. The van der Waals surface area contributed by atoms with Crippen molar-refractivity contribution in [1.82, 2.24) is 0 Å². The molecule has 0 unspecified atom stereocenters. The van der Waals surface area contributed by atoms with Crippen LogP contribution in [0, 0.1) is 0 Å². The molecule has 0 aromatic heterocycles. The van der Waals surface area contributed by atoms with E-state index in [2.05, 4.69) is 0 Å². The Balaban J connectivity index is 0. The fourth-order valence-corrected chi connectivity index (χ4v) is 0. The third-order valence-electron chi connectivity index (χ3n) is 0. The molecular formula is H5Al2Cu2Fe2Zn. The van der Waals surface area contributed by atoms with Crippen LogP contribution in [-0.2, 0) is 87.8 Å². The van der Waals surface area contributed by atoms with Gasteiger partial charge in [-0.1, -0.05) is 0 Å². The monoisotopic (exact) mass is 361 g/mol. The molecule has 3 radical (unpaired) electrons. The molecule has 0 saturated carbocycles. The molecule has 0 atom stereocenters. The molecule has 7 heteroatoms. The van der Waals surface area contributed by atoms with E-state index in [9.17, 15) is 0 Å². The van der Waals surface area contributed by atoms with E-state index in [-0.39, 0.29) is 122 Å². The van der Waals surface area contributed by atoms with Crippen molar-refractivity contribution in [3.8, 4) is 0 Å². The third kappa shape index (κ3) is 41.5. The molecule has 0 aliphatic rings. The van der Waals surface area contributed by atoms with E-state index in [1.807, 2.05) is 0 Å². The van der Waals surface area contributed by atoms with E-state index in [1.54, 1.807) is 0 Å². The summed E-state index contributed by atoms with van der Waals surface area (Å²) >= 11 is 0. The van der Waals surface area contributed by atoms with Crippen molar-refractivity contribution in [2.45, 2.75) is 0 Å². The van der Waals surface area contributed by atoms with Crippen LogP contribution in [0.3, 0.4) is 0 Å². The molecule has 0 heterocycles. The SMILES string of the molecule is [AlH2].[AlH3].[Cu].[Cu].[Fe].[Fe].[Zn]. The van der Waals surface area contributed by atoms with Crippen LogP contribution in [0.15, 0.2) is 0 Å². The van der Waals surface area contributed by atoms with Gasteiger partial charge < -0.3 is 0 Å². The van der Waals surface area contributed by atoms with Gasteiger partial charge in [0.05, 0.1) is 0 Å². The minimum Gasteiger partial charge on any atom is 0 e. The predicted molar refractivity (Wildman–Crippen MR) is 18.5 cm³/mol. The molecule has 7 heavy (non-hydrogen) atoms. The number of hydrogen-bond donors (Lipinski definition) is 0. The molecule has 0 spiro atoms. The van der Waals surface area contributed by atoms with Gasteiger partial charge in [0.15, 0.2) is 17.4 Å². The Morgan fingerprint density at radius 1 is 0.714 bits per heavy atom. The first kappa shape index (κ1) is 72.4. The Morgan fingerprint density at radius 3 is 0.714 bits per heavy atom. The second-order valence-corrected chi connectivity index (χ2v) is 0. The summed E-state index contributed by atoms with van der Waals surface area (Å²) in [6.07, 6.45) is 0. The van der Waals surface area contributed by atoms with Gasteiger partial charge in [0, 0.05) is 87.8 Å². The normalized spacial score (nSPS) is 0. The topological polar surface area (TPSA) is 0 Å². The summed E-state index contributed by atoms with van der Waals surface area (Å²) in [5, 5.41) is 0. The van der Waals surface area contributed by atoms with Crippen molar-refractivity contribution in [3.63, 3.8) is 0 Å². The van der Waals surface area contributed by atoms with Crippen LogP contribution in [-0.4, -0.2) is 34.7 Å². The molecule has 0 amide bonds. The van der Waals surface area contributed by atoms with Crippen LogP contribution in [0.25, 0.3) is 0 Å². The summed E-state index contributed by atoms with van der Waals surface area (Å²) in [7, 11) is 0. The van der Waals surface area contributed by atoms with Crippen LogP contribution in [0.2, 0.25) is 0 Å². The van der Waals surface area contributed by atoms with Crippen LogP contribution >= 0.6 is 0 Å². The third-order valence-corrected chi connectivity index (χ3v) is 0. The van der Waals surface area contributed by atoms with Crippen molar-refractivity contribution >= 4 is 34.7 Å². The quantitative estimate of drug-likeness (QED) is 0.433. The maximum Gasteiger partial charge on any atom is 0.187 e. The van der Waals surface area contributed by atoms with Crippen LogP contribution in [0.1, 0.15) is 0 Å². The van der Waals surface area contributed by atoms with Crippen molar-refractivity contribution in [1.29, 1.82) is 0 Å². The van der Waals surface area contributed by atoms with Crippen molar-refractivity contribution in [3.05, 3.63) is 0 Å². The van der Waals surface area contributed by atoms with Crippen molar-refractivity contribution < 1.29 is 87.8 Å². The smallest absolute Gasteiger partial charge is 0 e. The first-order valence-electron chi connectivity index (χ1n) is 0. The van der Waals surface area contributed by atoms with Gasteiger partial charge in [0.25, 0.3) is 0 Å².